The molecule has 88 valence electrons. The minimum atomic E-state index is -1.96. The lowest BCUT2D eigenvalue weighted by Gasteiger charge is -2.17. The minimum Gasteiger partial charge on any atom is -0.479 e. The fourth-order valence-corrected chi connectivity index (χ4v) is 2.33. The molecule has 1 atom stereocenters. The number of nitrogens with one attached hydrogen (secondary N) is 1. The molecule has 0 aliphatic rings. The van der Waals surface area contributed by atoms with Gasteiger partial charge in [0.2, 0.25) is 0 Å². The molecule has 0 aromatic carbocycles. The fraction of sp³-hybridized carbons (Fsp3) is 0.333. The van der Waals surface area contributed by atoms with Crippen LogP contribution < -0.4 is 5.32 Å². The van der Waals surface area contributed by atoms with E-state index in [1.165, 1.54) is 11.3 Å². The first-order valence-corrected chi connectivity index (χ1v) is 5.99. The van der Waals surface area contributed by atoms with Crippen LogP contribution in [0.1, 0.15) is 16.6 Å². The third-order valence-electron chi connectivity index (χ3n) is 1.88. The molecule has 1 amide bonds. The Morgan fingerprint density at radius 2 is 2.25 bits per heavy atom. The van der Waals surface area contributed by atoms with Crippen LogP contribution in [0.2, 0.25) is 0 Å². The normalized spacial score (nSPS) is 14.2. The van der Waals surface area contributed by atoms with E-state index in [2.05, 4.69) is 21.2 Å². The lowest BCUT2D eigenvalue weighted by Crippen LogP contribution is -2.46. The third-order valence-corrected chi connectivity index (χ3v) is 3.71. The zero-order valence-corrected chi connectivity index (χ0v) is 10.8. The maximum Gasteiger partial charge on any atom is 0.337 e. The molecule has 3 N–H and O–H groups in total. The van der Waals surface area contributed by atoms with E-state index in [0.717, 1.165) is 6.92 Å². The first-order valence-electron chi connectivity index (χ1n) is 4.31. The smallest absolute Gasteiger partial charge is 0.337 e. The van der Waals surface area contributed by atoms with Gasteiger partial charge in [-0.1, -0.05) is 0 Å². The van der Waals surface area contributed by atoms with Gasteiger partial charge in [-0.3, -0.25) is 4.79 Å². The van der Waals surface area contributed by atoms with Gasteiger partial charge in [0.05, 0.1) is 6.54 Å². The maximum atomic E-state index is 11.6. The lowest BCUT2D eigenvalue weighted by atomic mass is 10.1. The van der Waals surface area contributed by atoms with Crippen LogP contribution in [-0.2, 0) is 4.79 Å². The first kappa shape index (κ1) is 13.1. The van der Waals surface area contributed by atoms with Crippen molar-refractivity contribution in [2.24, 2.45) is 0 Å². The molecule has 5 nitrogen and oxygen atoms in total. The van der Waals surface area contributed by atoms with Crippen molar-refractivity contribution < 1.29 is 19.8 Å². The number of aliphatic carboxylic acids is 1. The Hall–Kier alpha value is -0.920. The van der Waals surface area contributed by atoms with E-state index in [4.69, 9.17) is 5.11 Å². The Morgan fingerprint density at radius 1 is 1.62 bits per heavy atom. The van der Waals surface area contributed by atoms with Gasteiger partial charge in [0, 0.05) is 4.47 Å². The average Bonchev–Trinajstić information content (AvgIpc) is 2.61. The van der Waals surface area contributed by atoms with Crippen molar-refractivity contribution in [3.8, 4) is 0 Å². The van der Waals surface area contributed by atoms with Crippen molar-refractivity contribution in [3.63, 3.8) is 0 Å². The first-order chi connectivity index (χ1) is 7.34. The van der Waals surface area contributed by atoms with Crippen LogP contribution >= 0.6 is 27.3 Å². The molecule has 1 rings (SSSR count). The van der Waals surface area contributed by atoms with Crippen LogP contribution in [0.5, 0.6) is 0 Å². The summed E-state index contributed by atoms with van der Waals surface area (Å²) in [6, 6.07) is 1.72. The number of aliphatic hydroxyl groups is 1. The summed E-state index contributed by atoms with van der Waals surface area (Å²) in [5.41, 5.74) is -1.96. The van der Waals surface area contributed by atoms with Gasteiger partial charge in [0.1, 0.15) is 4.88 Å². The maximum absolute atomic E-state index is 11.6. The molecule has 1 aromatic heterocycles. The Bertz CT molecular complexity index is 415. The average molecular weight is 308 g/mol. The van der Waals surface area contributed by atoms with Crippen LogP contribution in [0.15, 0.2) is 15.9 Å². The van der Waals surface area contributed by atoms with E-state index in [0.29, 0.717) is 9.35 Å². The zero-order valence-electron chi connectivity index (χ0n) is 8.36. The van der Waals surface area contributed by atoms with E-state index < -0.39 is 17.5 Å². The van der Waals surface area contributed by atoms with Gasteiger partial charge in [0.25, 0.3) is 5.91 Å². The Kier molecular flexibility index (Phi) is 4.06. The molecule has 1 heterocycles. The number of halogens is 1. The molecule has 0 bridgehead atoms. The number of rotatable bonds is 4. The number of carboxylic acids is 1. The highest BCUT2D eigenvalue weighted by molar-refractivity contribution is 9.10. The van der Waals surface area contributed by atoms with Gasteiger partial charge in [0.15, 0.2) is 5.60 Å². The molecule has 0 fully saturated rings. The number of carbonyl (C=O) groups excluding carboxylic acids is 1. The minimum absolute atomic E-state index is 0.342. The predicted octanol–water partition coefficient (Wildman–Crippen LogP) is 1.08. The number of hydrogen-bond acceptors (Lipinski definition) is 4. The highest BCUT2D eigenvalue weighted by atomic mass is 79.9. The van der Waals surface area contributed by atoms with Crippen LogP contribution in [0.3, 0.4) is 0 Å². The molecule has 0 saturated heterocycles. The van der Waals surface area contributed by atoms with E-state index in [1.807, 2.05) is 0 Å². The molecule has 0 saturated carbocycles. The van der Waals surface area contributed by atoms with Gasteiger partial charge in [-0.2, -0.15) is 0 Å². The Labute approximate surface area is 104 Å². The van der Waals surface area contributed by atoms with Crippen LogP contribution in [-0.4, -0.2) is 34.2 Å². The van der Waals surface area contributed by atoms with Crippen LogP contribution in [0, 0.1) is 0 Å². The molecule has 0 aliphatic carbocycles. The summed E-state index contributed by atoms with van der Waals surface area (Å²) in [7, 11) is 0. The molecule has 16 heavy (non-hydrogen) atoms. The highest BCUT2D eigenvalue weighted by Crippen LogP contribution is 2.22. The van der Waals surface area contributed by atoms with Crippen molar-refractivity contribution in [3.05, 3.63) is 20.8 Å². The predicted molar refractivity (Wildman–Crippen MR) is 62.6 cm³/mol. The van der Waals surface area contributed by atoms with E-state index in [9.17, 15) is 14.7 Å². The van der Waals surface area contributed by atoms with E-state index in [-0.39, 0.29) is 6.54 Å². The summed E-state index contributed by atoms with van der Waals surface area (Å²) >= 11 is 4.42. The van der Waals surface area contributed by atoms with Crippen molar-refractivity contribution in [2.75, 3.05) is 6.54 Å². The van der Waals surface area contributed by atoms with Gasteiger partial charge >= 0.3 is 5.97 Å². The lowest BCUT2D eigenvalue weighted by molar-refractivity contribution is -0.155. The summed E-state index contributed by atoms with van der Waals surface area (Å²) in [6.07, 6.45) is 0. The van der Waals surface area contributed by atoms with Gasteiger partial charge in [-0.05, 0) is 34.3 Å². The molecule has 0 radical (unpaired) electrons. The SMILES string of the molecule is CC(O)(CNC(=O)c1sccc1Br)C(=O)O. The number of hydrogen-bond donors (Lipinski definition) is 3. The molecule has 0 aliphatic heterocycles. The summed E-state index contributed by atoms with van der Waals surface area (Å²) in [5, 5.41) is 22.1. The zero-order chi connectivity index (χ0) is 12.3. The molecule has 1 unspecified atom stereocenters. The number of carboxylic acid groups (broad SMARTS) is 1. The summed E-state index contributed by atoms with van der Waals surface area (Å²) < 4.78 is 0.643. The van der Waals surface area contributed by atoms with Gasteiger partial charge in [-0.15, -0.1) is 11.3 Å². The number of carbonyl (C=O) groups is 2. The second kappa shape index (κ2) is 4.94. The van der Waals surface area contributed by atoms with Gasteiger partial charge in [-0.25, -0.2) is 4.79 Å². The fourth-order valence-electron chi connectivity index (χ4n) is 0.864. The third kappa shape index (κ3) is 3.03. The topological polar surface area (TPSA) is 86.6 Å². The van der Waals surface area contributed by atoms with E-state index >= 15 is 0 Å². The second-order valence-corrected chi connectivity index (χ2v) is 5.13. The molecule has 0 spiro atoms. The molecule has 7 heteroatoms. The molecular weight excluding hydrogens is 298 g/mol. The van der Waals surface area contributed by atoms with Crippen LogP contribution in [0.4, 0.5) is 0 Å². The standard InChI is InChI=1S/C9H10BrNO4S/c1-9(15,8(13)14)4-11-7(12)6-5(10)2-3-16-6/h2-3,15H,4H2,1H3,(H,11,12)(H,13,14). The van der Waals surface area contributed by atoms with Crippen LogP contribution in [0.25, 0.3) is 0 Å². The quantitative estimate of drug-likeness (QED) is 0.777. The van der Waals surface area contributed by atoms with Crippen molar-refractivity contribution in [2.45, 2.75) is 12.5 Å². The monoisotopic (exact) mass is 307 g/mol. The number of amides is 1. The second-order valence-electron chi connectivity index (χ2n) is 3.36. The van der Waals surface area contributed by atoms with Crippen molar-refractivity contribution >= 4 is 39.1 Å². The molecular formula is C9H10BrNO4S. The Morgan fingerprint density at radius 3 is 2.69 bits per heavy atom. The summed E-state index contributed by atoms with van der Waals surface area (Å²) in [4.78, 5) is 22.6. The number of thiophene rings is 1. The van der Waals surface area contributed by atoms with Crippen molar-refractivity contribution in [1.82, 2.24) is 5.32 Å². The summed E-state index contributed by atoms with van der Waals surface area (Å²) in [5.74, 6) is -1.79. The van der Waals surface area contributed by atoms with E-state index in [1.54, 1.807) is 11.4 Å². The van der Waals surface area contributed by atoms with Crippen molar-refractivity contribution in [1.29, 1.82) is 0 Å². The van der Waals surface area contributed by atoms with Gasteiger partial charge < -0.3 is 15.5 Å². The summed E-state index contributed by atoms with van der Waals surface area (Å²) in [6.45, 7) is 0.782. The molecule has 1 aromatic rings. The Balaban J connectivity index is 2.61. The largest absolute Gasteiger partial charge is 0.479 e. The highest BCUT2D eigenvalue weighted by Gasteiger charge is 2.30.